The topological polar surface area (TPSA) is 110 Å². The van der Waals surface area contributed by atoms with Crippen molar-refractivity contribution in [3.8, 4) is 0 Å². The van der Waals surface area contributed by atoms with Crippen LogP contribution in [0.4, 0.5) is 0 Å². The number of hydrogen-bond acceptors (Lipinski definition) is 7. The number of hydrogen-bond donors (Lipinski definition) is 0. The maximum absolute atomic E-state index is 13.0. The normalized spacial score (nSPS) is 11.7. The molecule has 0 bridgehead atoms. The first-order valence-electron chi connectivity index (χ1n) is 27.0. The third-order valence-corrected chi connectivity index (χ3v) is 13.3. The van der Waals surface area contributed by atoms with Crippen molar-refractivity contribution in [2.75, 3.05) is 13.2 Å². The fourth-order valence-corrected chi connectivity index (χ4v) is 8.83. The Morgan fingerprint density at radius 3 is 0.969 bits per heavy atom. The van der Waals surface area contributed by atoms with E-state index in [2.05, 4.69) is 38.2 Å². The zero-order valence-corrected chi connectivity index (χ0v) is 46.4. The largest absolute Gasteiger partial charge is 1.00 e. The molecule has 1 aromatic rings. The van der Waals surface area contributed by atoms with Crippen LogP contribution in [0.5, 0.6) is 0 Å². The average molecular weight is 954 g/mol. The van der Waals surface area contributed by atoms with Gasteiger partial charge in [0.2, 0.25) is 0 Å². The summed E-state index contributed by atoms with van der Waals surface area (Å²) >= 11 is 0. The first kappa shape index (κ1) is 64.2. The first-order chi connectivity index (χ1) is 31.3. The Bertz CT molecular complexity index is 1410. The molecule has 1 aromatic carbocycles. The first-order valence-corrected chi connectivity index (χ1v) is 28.5. The Balaban J connectivity index is 0.0000410. The van der Waals surface area contributed by atoms with Crippen LogP contribution in [0.3, 0.4) is 0 Å². The third-order valence-electron chi connectivity index (χ3n) is 12.5. The fourth-order valence-electron chi connectivity index (χ4n) is 8.33. The van der Waals surface area contributed by atoms with E-state index in [-0.39, 0.29) is 75.7 Å². The van der Waals surface area contributed by atoms with E-state index >= 15 is 0 Å². The molecule has 0 N–H and O–H groups in total. The fraction of sp³-hybridized carbons (Fsp3) is 0.786. The summed E-state index contributed by atoms with van der Waals surface area (Å²) in [6.45, 7) is 4.91. The van der Waals surface area contributed by atoms with Crippen LogP contribution in [0.15, 0.2) is 47.4 Å². The molecule has 0 heterocycles. The average Bonchev–Trinajstić information content (AvgIpc) is 3.28. The monoisotopic (exact) mass is 953 g/mol. The van der Waals surface area contributed by atoms with Crippen LogP contribution in [0.1, 0.15) is 291 Å². The van der Waals surface area contributed by atoms with E-state index in [1.807, 2.05) is 0 Å². The van der Waals surface area contributed by atoms with Crippen LogP contribution >= 0.6 is 0 Å². The summed E-state index contributed by atoms with van der Waals surface area (Å²) < 4.78 is 46.0. The molecule has 0 unspecified atom stereocenters. The maximum Gasteiger partial charge on any atom is 1.00 e. The van der Waals surface area contributed by atoms with Gasteiger partial charge in [-0.25, -0.2) is 18.0 Å². The van der Waals surface area contributed by atoms with Crippen LogP contribution in [0, 0.1) is 0 Å². The van der Waals surface area contributed by atoms with E-state index in [0.717, 1.165) is 63.5 Å². The maximum atomic E-state index is 13.0. The summed E-state index contributed by atoms with van der Waals surface area (Å²) in [6, 6.07) is 3.15. The molecule has 0 aromatic heterocycles. The molecule has 0 spiro atoms. The van der Waals surface area contributed by atoms with Crippen molar-refractivity contribution in [2.24, 2.45) is 0 Å². The summed E-state index contributed by atoms with van der Waals surface area (Å²) in [7, 11) is -4.83. The van der Waals surface area contributed by atoms with Gasteiger partial charge in [-0.2, -0.15) is 0 Å². The predicted molar refractivity (Wildman–Crippen MR) is 269 cm³/mol. The number of rotatable bonds is 47. The minimum absolute atomic E-state index is 0. The number of carbonyl (C=O) groups is 2. The van der Waals surface area contributed by atoms with E-state index < -0.39 is 27.0 Å². The van der Waals surface area contributed by atoms with Gasteiger partial charge >= 0.3 is 63.3 Å². The molecule has 0 amide bonds. The SMILES string of the molecule is CCCCCCCCCCCCCC/C=C/CCCCCCCCOC(=O)c1ccc(S(=O)(=O)[O-])cc1C(=O)OCCCCCCCC/C=C/CCCCCCCCCCCCCC.[K+]. The number of esters is 2. The predicted octanol–water partition coefficient (Wildman–Crippen LogP) is 14.7. The molecule has 7 nitrogen and oxygen atoms in total. The van der Waals surface area contributed by atoms with Gasteiger partial charge in [-0.3, -0.25) is 0 Å². The molecule has 0 saturated carbocycles. The minimum atomic E-state index is -4.83. The van der Waals surface area contributed by atoms with E-state index in [9.17, 15) is 22.6 Å². The Morgan fingerprint density at radius 1 is 0.415 bits per heavy atom. The van der Waals surface area contributed by atoms with Crippen molar-refractivity contribution in [2.45, 2.75) is 276 Å². The Hall–Kier alpha value is -0.814. The molecule has 0 aliphatic rings. The van der Waals surface area contributed by atoms with Gasteiger partial charge in [-0.15, -0.1) is 0 Å². The zero-order chi connectivity index (χ0) is 46.4. The van der Waals surface area contributed by atoms with Gasteiger partial charge in [-0.1, -0.05) is 231 Å². The van der Waals surface area contributed by atoms with Crippen molar-refractivity contribution in [3.63, 3.8) is 0 Å². The van der Waals surface area contributed by atoms with E-state index in [4.69, 9.17) is 9.47 Å². The standard InChI is InChI=1S/C56H98O7S.K/c1-3-5-7-9-11-13-15-17-19-21-23-25-27-29-31-33-35-37-39-41-43-45-49-62-55(57)53-48-47-52(64(59,60)61)51-54(53)56(58)63-50-46-44-42-40-38-36-34-32-30-28-26-24-22-20-18-16-14-12-10-8-6-4-2;/h29-32,47-48,51H,3-28,33-46,49-50H2,1-2H3,(H,59,60,61);/q;+1/p-1/b31-29+,32-30+;. The molecule has 0 radical (unpaired) electrons. The Labute approximate surface area is 443 Å². The summed E-state index contributed by atoms with van der Waals surface area (Å²) in [5.74, 6) is -1.55. The van der Waals surface area contributed by atoms with Crippen molar-refractivity contribution in [1.29, 1.82) is 0 Å². The summed E-state index contributed by atoms with van der Waals surface area (Å²) in [4.78, 5) is 25.4. The van der Waals surface area contributed by atoms with Crippen LogP contribution in [0.2, 0.25) is 0 Å². The quantitative estimate of drug-likeness (QED) is 0.0210. The molecule has 1 rings (SSSR count). The number of allylic oxidation sites excluding steroid dienone is 4. The molecular formula is C56H97KO7S. The zero-order valence-electron chi connectivity index (χ0n) is 42.5. The van der Waals surface area contributed by atoms with E-state index in [0.29, 0.717) is 12.8 Å². The number of benzene rings is 1. The molecule has 65 heavy (non-hydrogen) atoms. The van der Waals surface area contributed by atoms with Crippen molar-refractivity contribution >= 4 is 22.1 Å². The van der Waals surface area contributed by atoms with Gasteiger partial charge < -0.3 is 14.0 Å². The van der Waals surface area contributed by atoms with Gasteiger partial charge in [0.15, 0.2) is 0 Å². The van der Waals surface area contributed by atoms with Crippen molar-refractivity contribution in [1.82, 2.24) is 0 Å². The van der Waals surface area contributed by atoms with Crippen LogP contribution < -0.4 is 51.4 Å². The van der Waals surface area contributed by atoms with Gasteiger partial charge in [0.25, 0.3) is 0 Å². The second-order valence-corrected chi connectivity index (χ2v) is 19.9. The van der Waals surface area contributed by atoms with Crippen molar-refractivity contribution in [3.05, 3.63) is 53.6 Å². The second-order valence-electron chi connectivity index (χ2n) is 18.6. The van der Waals surface area contributed by atoms with Crippen molar-refractivity contribution < 1.29 is 83.4 Å². The van der Waals surface area contributed by atoms with Gasteiger partial charge in [0.1, 0.15) is 10.1 Å². The van der Waals surface area contributed by atoms with E-state index in [1.54, 1.807) is 0 Å². The summed E-state index contributed by atoms with van der Waals surface area (Å²) in [6.07, 6.45) is 59.5. The van der Waals surface area contributed by atoms with Gasteiger partial charge in [-0.05, 0) is 82.4 Å². The number of ether oxygens (including phenoxy) is 2. The smallest absolute Gasteiger partial charge is 0.744 e. The molecule has 0 saturated heterocycles. The summed E-state index contributed by atoms with van der Waals surface area (Å²) in [5.41, 5.74) is -0.343. The minimum Gasteiger partial charge on any atom is -0.744 e. The van der Waals surface area contributed by atoms with Gasteiger partial charge in [0.05, 0.1) is 29.2 Å². The molecule has 0 aliphatic carbocycles. The molecular weight excluding hydrogens is 856 g/mol. The number of unbranched alkanes of at least 4 members (excludes halogenated alkanes) is 36. The Morgan fingerprint density at radius 2 is 0.677 bits per heavy atom. The molecule has 370 valence electrons. The van der Waals surface area contributed by atoms with Crippen LogP contribution in [-0.4, -0.2) is 38.1 Å². The number of carbonyl (C=O) groups excluding carboxylic acids is 2. The van der Waals surface area contributed by atoms with Gasteiger partial charge in [0, 0.05) is 0 Å². The molecule has 9 heteroatoms. The van der Waals surface area contributed by atoms with Crippen LogP contribution in [-0.2, 0) is 19.6 Å². The second kappa shape index (κ2) is 48.2. The molecule has 0 aliphatic heterocycles. The van der Waals surface area contributed by atoms with Crippen LogP contribution in [0.25, 0.3) is 0 Å². The van der Waals surface area contributed by atoms with E-state index in [1.165, 1.54) is 199 Å². The Kier molecular flexibility index (Phi) is 47.6. The molecule has 0 fully saturated rings. The third kappa shape index (κ3) is 40.8. The summed E-state index contributed by atoms with van der Waals surface area (Å²) in [5, 5.41) is 0. The molecule has 0 atom stereocenters.